The van der Waals surface area contributed by atoms with Crippen LogP contribution in [0.25, 0.3) is 0 Å². The standard InChI is InChI=1S/C12H13BrN2S/c13-10-3-1-2-9-8(10)4-7-16-11(9)12-14-5-6-15-12/h1-3,11H,4-7H2,(H,14,15). The Balaban J connectivity index is 2.02. The smallest absolute Gasteiger partial charge is 0.114 e. The van der Waals surface area contributed by atoms with Gasteiger partial charge in [-0.2, -0.15) is 0 Å². The van der Waals surface area contributed by atoms with Crippen LogP contribution >= 0.6 is 27.7 Å². The highest BCUT2D eigenvalue weighted by molar-refractivity contribution is 9.10. The summed E-state index contributed by atoms with van der Waals surface area (Å²) in [6.45, 7) is 1.92. The van der Waals surface area contributed by atoms with Crippen LogP contribution in [0.2, 0.25) is 0 Å². The van der Waals surface area contributed by atoms with Crippen molar-refractivity contribution in [1.82, 2.24) is 5.32 Å². The summed E-state index contributed by atoms with van der Waals surface area (Å²) in [4.78, 5) is 4.56. The van der Waals surface area contributed by atoms with Crippen LogP contribution in [0.15, 0.2) is 27.7 Å². The van der Waals surface area contributed by atoms with Gasteiger partial charge in [0.2, 0.25) is 0 Å². The van der Waals surface area contributed by atoms with Crippen LogP contribution in [0, 0.1) is 0 Å². The molecule has 1 N–H and O–H groups in total. The van der Waals surface area contributed by atoms with E-state index in [1.807, 2.05) is 11.8 Å². The van der Waals surface area contributed by atoms with Crippen molar-refractivity contribution in [1.29, 1.82) is 0 Å². The maximum atomic E-state index is 4.56. The molecule has 1 aromatic rings. The Labute approximate surface area is 108 Å². The Morgan fingerprint density at radius 2 is 2.38 bits per heavy atom. The van der Waals surface area contributed by atoms with Crippen molar-refractivity contribution in [3.63, 3.8) is 0 Å². The number of nitrogens with zero attached hydrogens (tertiary/aromatic N) is 1. The summed E-state index contributed by atoms with van der Waals surface area (Å²) in [5.74, 6) is 2.35. The van der Waals surface area contributed by atoms with Gasteiger partial charge < -0.3 is 5.32 Å². The van der Waals surface area contributed by atoms with E-state index in [2.05, 4.69) is 44.4 Å². The van der Waals surface area contributed by atoms with E-state index in [1.54, 1.807) is 0 Å². The van der Waals surface area contributed by atoms with E-state index in [0.717, 1.165) is 19.5 Å². The molecule has 2 heterocycles. The highest BCUT2D eigenvalue weighted by Gasteiger charge is 2.27. The van der Waals surface area contributed by atoms with Gasteiger partial charge in [-0.3, -0.25) is 4.99 Å². The minimum absolute atomic E-state index is 0.420. The van der Waals surface area contributed by atoms with Gasteiger partial charge in [0, 0.05) is 11.0 Å². The van der Waals surface area contributed by atoms with Crippen LogP contribution in [-0.2, 0) is 6.42 Å². The highest BCUT2D eigenvalue weighted by Crippen LogP contribution is 2.40. The van der Waals surface area contributed by atoms with Gasteiger partial charge in [-0.05, 0) is 29.4 Å². The van der Waals surface area contributed by atoms with E-state index in [-0.39, 0.29) is 0 Å². The molecule has 2 nitrogen and oxygen atoms in total. The molecule has 1 aromatic carbocycles. The molecule has 0 aromatic heterocycles. The molecule has 0 radical (unpaired) electrons. The predicted octanol–water partition coefficient (Wildman–Crippen LogP) is 2.78. The molecule has 1 atom stereocenters. The van der Waals surface area contributed by atoms with Crippen LogP contribution in [0.1, 0.15) is 16.4 Å². The molecule has 0 fully saturated rings. The summed E-state index contributed by atoms with van der Waals surface area (Å²) in [5, 5.41) is 3.82. The highest BCUT2D eigenvalue weighted by atomic mass is 79.9. The maximum Gasteiger partial charge on any atom is 0.114 e. The van der Waals surface area contributed by atoms with E-state index in [0.29, 0.717) is 5.25 Å². The normalized spacial score (nSPS) is 23.6. The average molecular weight is 297 g/mol. The molecule has 0 bridgehead atoms. The first-order valence-electron chi connectivity index (χ1n) is 5.53. The molecule has 0 amide bonds. The number of fused-ring (bicyclic) bond motifs is 1. The lowest BCUT2D eigenvalue weighted by atomic mass is 10.0. The van der Waals surface area contributed by atoms with E-state index in [9.17, 15) is 0 Å². The molecule has 4 heteroatoms. The fourth-order valence-electron chi connectivity index (χ4n) is 2.27. The number of hydrogen-bond donors (Lipinski definition) is 1. The molecule has 1 unspecified atom stereocenters. The Kier molecular flexibility index (Phi) is 2.94. The predicted molar refractivity (Wildman–Crippen MR) is 73.3 cm³/mol. The van der Waals surface area contributed by atoms with Crippen LogP contribution in [0.4, 0.5) is 0 Å². The molecule has 16 heavy (non-hydrogen) atoms. The number of aliphatic imine (C=N–C) groups is 1. The van der Waals surface area contributed by atoms with E-state index in [4.69, 9.17) is 0 Å². The van der Waals surface area contributed by atoms with Crippen molar-refractivity contribution < 1.29 is 0 Å². The lowest BCUT2D eigenvalue weighted by molar-refractivity contribution is 0.945. The third-order valence-corrected chi connectivity index (χ3v) is 5.02. The zero-order chi connectivity index (χ0) is 11.0. The summed E-state index contributed by atoms with van der Waals surface area (Å²) in [6.07, 6.45) is 1.16. The molecule has 0 saturated carbocycles. The maximum absolute atomic E-state index is 4.56. The van der Waals surface area contributed by atoms with Gasteiger partial charge in [0.05, 0.1) is 11.8 Å². The minimum atomic E-state index is 0.420. The second-order valence-electron chi connectivity index (χ2n) is 4.00. The van der Waals surface area contributed by atoms with Gasteiger partial charge in [0.15, 0.2) is 0 Å². The lowest BCUT2D eigenvalue weighted by Crippen LogP contribution is -2.26. The van der Waals surface area contributed by atoms with Crippen molar-refractivity contribution in [3.8, 4) is 0 Å². The summed E-state index contributed by atoms with van der Waals surface area (Å²) in [5.41, 5.74) is 2.89. The molecule has 2 aliphatic rings. The molecular formula is C12H13BrN2S. The summed E-state index contributed by atoms with van der Waals surface area (Å²) >= 11 is 5.65. The monoisotopic (exact) mass is 296 g/mol. The van der Waals surface area contributed by atoms with Gasteiger partial charge in [-0.15, -0.1) is 11.8 Å². The third-order valence-electron chi connectivity index (χ3n) is 3.02. The van der Waals surface area contributed by atoms with Crippen LogP contribution in [0.3, 0.4) is 0 Å². The molecular weight excluding hydrogens is 284 g/mol. The first-order chi connectivity index (χ1) is 7.86. The van der Waals surface area contributed by atoms with Crippen molar-refractivity contribution in [2.24, 2.45) is 4.99 Å². The Morgan fingerprint density at radius 3 is 3.19 bits per heavy atom. The van der Waals surface area contributed by atoms with Crippen molar-refractivity contribution in [3.05, 3.63) is 33.8 Å². The van der Waals surface area contributed by atoms with Gasteiger partial charge >= 0.3 is 0 Å². The number of hydrogen-bond acceptors (Lipinski definition) is 3. The summed E-state index contributed by atoms with van der Waals surface area (Å²) in [6, 6.07) is 6.49. The van der Waals surface area contributed by atoms with Crippen molar-refractivity contribution in [2.75, 3.05) is 18.8 Å². The van der Waals surface area contributed by atoms with Gasteiger partial charge in [-0.25, -0.2) is 0 Å². The quantitative estimate of drug-likeness (QED) is 0.862. The number of amidine groups is 1. The molecule has 0 aliphatic carbocycles. The zero-order valence-electron chi connectivity index (χ0n) is 8.87. The van der Waals surface area contributed by atoms with Crippen LogP contribution < -0.4 is 5.32 Å². The SMILES string of the molecule is Brc1cccc2c1CCSC2C1=NCCN1. The first kappa shape index (κ1) is 10.7. The first-order valence-corrected chi connectivity index (χ1v) is 7.37. The summed E-state index contributed by atoms with van der Waals surface area (Å²) < 4.78 is 1.24. The number of benzene rings is 1. The number of rotatable bonds is 1. The second kappa shape index (κ2) is 4.41. The van der Waals surface area contributed by atoms with Crippen molar-refractivity contribution >= 4 is 33.5 Å². The van der Waals surface area contributed by atoms with E-state index >= 15 is 0 Å². The molecule has 0 saturated heterocycles. The third kappa shape index (κ3) is 1.78. The summed E-state index contributed by atoms with van der Waals surface area (Å²) in [7, 11) is 0. The fourth-order valence-corrected chi connectivity index (χ4v) is 4.12. The van der Waals surface area contributed by atoms with Gasteiger partial charge in [-0.1, -0.05) is 28.1 Å². The van der Waals surface area contributed by atoms with E-state index in [1.165, 1.54) is 27.2 Å². The number of nitrogens with one attached hydrogen (secondary N) is 1. The zero-order valence-corrected chi connectivity index (χ0v) is 11.3. The fraction of sp³-hybridized carbons (Fsp3) is 0.417. The topological polar surface area (TPSA) is 24.4 Å². The largest absolute Gasteiger partial charge is 0.371 e. The molecule has 3 rings (SSSR count). The van der Waals surface area contributed by atoms with Crippen LogP contribution in [-0.4, -0.2) is 24.7 Å². The number of thioether (sulfide) groups is 1. The minimum Gasteiger partial charge on any atom is -0.371 e. The average Bonchev–Trinajstić information content (AvgIpc) is 2.82. The van der Waals surface area contributed by atoms with Crippen LogP contribution in [0.5, 0.6) is 0 Å². The Hall–Kier alpha value is -0.480. The Morgan fingerprint density at radius 1 is 1.44 bits per heavy atom. The van der Waals surface area contributed by atoms with Gasteiger partial charge in [0.1, 0.15) is 5.84 Å². The molecule has 0 spiro atoms. The Bertz CT molecular complexity index is 445. The second-order valence-corrected chi connectivity index (χ2v) is 6.07. The van der Waals surface area contributed by atoms with Crippen molar-refractivity contribution in [2.45, 2.75) is 11.7 Å². The molecule has 2 aliphatic heterocycles. The molecule has 84 valence electrons. The van der Waals surface area contributed by atoms with E-state index < -0.39 is 0 Å². The lowest BCUT2D eigenvalue weighted by Gasteiger charge is -2.26. The van der Waals surface area contributed by atoms with Gasteiger partial charge in [0.25, 0.3) is 0 Å². The number of halogens is 1.